The van der Waals surface area contributed by atoms with Crippen molar-refractivity contribution in [1.29, 1.82) is 0 Å². The molecule has 1 fully saturated rings. The van der Waals surface area contributed by atoms with Crippen LogP contribution in [0.15, 0.2) is 42.6 Å². The van der Waals surface area contributed by atoms with Crippen LogP contribution in [0.25, 0.3) is 0 Å². The first-order valence-electron chi connectivity index (χ1n) is 9.55. The van der Waals surface area contributed by atoms with E-state index in [2.05, 4.69) is 21.7 Å². The minimum Gasteiger partial charge on any atom is -0.368 e. The fraction of sp³-hybridized carbons (Fsp3) is 0.429. The summed E-state index contributed by atoms with van der Waals surface area (Å²) in [5.41, 5.74) is 1.67. The van der Waals surface area contributed by atoms with Gasteiger partial charge in [-0.25, -0.2) is 9.37 Å². The van der Waals surface area contributed by atoms with Gasteiger partial charge in [-0.2, -0.15) is 0 Å². The van der Waals surface area contributed by atoms with E-state index >= 15 is 0 Å². The molecule has 0 atom stereocenters. The quantitative estimate of drug-likeness (QED) is 0.781. The Hall–Kier alpha value is -2.63. The van der Waals surface area contributed by atoms with E-state index in [0.29, 0.717) is 18.7 Å². The lowest BCUT2D eigenvalue weighted by Gasteiger charge is -2.36. The molecule has 1 aromatic carbocycles. The normalized spacial score (nSPS) is 14.3. The number of rotatable bonds is 6. The molecule has 1 aliphatic heterocycles. The van der Waals surface area contributed by atoms with Gasteiger partial charge < -0.3 is 14.7 Å². The molecule has 0 unspecified atom stereocenters. The molecule has 6 heteroatoms. The van der Waals surface area contributed by atoms with Crippen molar-refractivity contribution in [1.82, 2.24) is 9.88 Å². The highest BCUT2D eigenvalue weighted by molar-refractivity contribution is 5.95. The first-order chi connectivity index (χ1) is 13.1. The van der Waals surface area contributed by atoms with Crippen LogP contribution in [0.5, 0.6) is 0 Å². The third-order valence-corrected chi connectivity index (χ3v) is 4.99. The van der Waals surface area contributed by atoms with Crippen molar-refractivity contribution in [2.24, 2.45) is 0 Å². The third kappa shape index (κ3) is 4.76. The van der Waals surface area contributed by atoms with Crippen molar-refractivity contribution in [3.63, 3.8) is 0 Å². The molecular formula is C21H27FN4O. The predicted octanol–water partition coefficient (Wildman–Crippen LogP) is 3.42. The van der Waals surface area contributed by atoms with Crippen LogP contribution in [0, 0.1) is 5.82 Å². The SMILES string of the molecule is CCCCN(C)c1cc(C(=O)N2CCN(c3ccc(F)cc3)CC2)ccn1. The van der Waals surface area contributed by atoms with E-state index in [1.165, 1.54) is 12.1 Å². The van der Waals surface area contributed by atoms with Crippen LogP contribution in [0.1, 0.15) is 30.1 Å². The Morgan fingerprint density at radius 2 is 1.85 bits per heavy atom. The Morgan fingerprint density at radius 1 is 1.15 bits per heavy atom. The number of carbonyl (C=O) groups is 1. The highest BCUT2D eigenvalue weighted by atomic mass is 19.1. The topological polar surface area (TPSA) is 39.7 Å². The zero-order valence-corrected chi connectivity index (χ0v) is 16.1. The lowest BCUT2D eigenvalue weighted by atomic mass is 10.2. The third-order valence-electron chi connectivity index (χ3n) is 4.99. The average Bonchev–Trinajstić information content (AvgIpc) is 2.72. The van der Waals surface area contributed by atoms with E-state index in [4.69, 9.17) is 0 Å². The lowest BCUT2D eigenvalue weighted by molar-refractivity contribution is 0.0746. The molecule has 3 rings (SSSR count). The van der Waals surface area contributed by atoms with Gasteiger partial charge in [0, 0.05) is 57.2 Å². The molecular weight excluding hydrogens is 343 g/mol. The number of nitrogens with zero attached hydrogens (tertiary/aromatic N) is 4. The van der Waals surface area contributed by atoms with Crippen LogP contribution in [0.3, 0.4) is 0 Å². The predicted molar refractivity (Wildman–Crippen MR) is 107 cm³/mol. The highest BCUT2D eigenvalue weighted by Crippen LogP contribution is 2.19. The van der Waals surface area contributed by atoms with Gasteiger partial charge >= 0.3 is 0 Å². The number of aromatic nitrogens is 1. The first kappa shape index (κ1) is 19.1. The molecule has 2 heterocycles. The van der Waals surface area contributed by atoms with E-state index in [-0.39, 0.29) is 11.7 Å². The molecule has 0 radical (unpaired) electrons. The van der Waals surface area contributed by atoms with Crippen molar-refractivity contribution < 1.29 is 9.18 Å². The number of carbonyl (C=O) groups excluding carboxylic acids is 1. The van der Waals surface area contributed by atoms with Crippen molar-refractivity contribution in [2.45, 2.75) is 19.8 Å². The van der Waals surface area contributed by atoms with Crippen LogP contribution in [0.2, 0.25) is 0 Å². The summed E-state index contributed by atoms with van der Waals surface area (Å²) in [6, 6.07) is 10.2. The number of pyridine rings is 1. The second-order valence-corrected chi connectivity index (χ2v) is 6.93. The number of halogens is 1. The summed E-state index contributed by atoms with van der Waals surface area (Å²) in [6.07, 6.45) is 3.93. The molecule has 0 saturated carbocycles. The van der Waals surface area contributed by atoms with Gasteiger partial charge in [0.05, 0.1) is 0 Å². The zero-order chi connectivity index (χ0) is 19.2. The summed E-state index contributed by atoms with van der Waals surface area (Å²) in [6.45, 7) is 5.88. The van der Waals surface area contributed by atoms with Crippen LogP contribution < -0.4 is 9.80 Å². The molecule has 1 aliphatic rings. The largest absolute Gasteiger partial charge is 0.368 e. The smallest absolute Gasteiger partial charge is 0.254 e. The Bertz CT molecular complexity index is 757. The second-order valence-electron chi connectivity index (χ2n) is 6.93. The van der Waals surface area contributed by atoms with Gasteiger partial charge in [-0.3, -0.25) is 4.79 Å². The molecule has 0 aliphatic carbocycles. The van der Waals surface area contributed by atoms with E-state index in [1.54, 1.807) is 24.4 Å². The van der Waals surface area contributed by atoms with Gasteiger partial charge in [0.1, 0.15) is 11.6 Å². The molecule has 0 spiro atoms. The highest BCUT2D eigenvalue weighted by Gasteiger charge is 2.23. The average molecular weight is 370 g/mol. The Kier molecular flexibility index (Phi) is 6.27. The molecule has 5 nitrogen and oxygen atoms in total. The maximum atomic E-state index is 13.1. The van der Waals surface area contributed by atoms with Crippen molar-refractivity contribution in [2.75, 3.05) is 49.6 Å². The zero-order valence-electron chi connectivity index (χ0n) is 16.1. The fourth-order valence-electron chi connectivity index (χ4n) is 3.27. The fourth-order valence-corrected chi connectivity index (χ4v) is 3.27. The number of unbranched alkanes of at least 4 members (excludes halogenated alkanes) is 1. The van der Waals surface area contributed by atoms with Gasteiger partial charge in [-0.1, -0.05) is 13.3 Å². The Labute approximate surface area is 160 Å². The van der Waals surface area contributed by atoms with E-state index in [0.717, 1.165) is 44.0 Å². The van der Waals surface area contributed by atoms with E-state index in [1.807, 2.05) is 18.0 Å². The maximum absolute atomic E-state index is 13.1. The monoisotopic (exact) mass is 370 g/mol. The number of hydrogen-bond acceptors (Lipinski definition) is 4. The lowest BCUT2D eigenvalue weighted by Crippen LogP contribution is -2.48. The van der Waals surface area contributed by atoms with Crippen molar-refractivity contribution >= 4 is 17.4 Å². The second kappa shape index (κ2) is 8.84. The standard InChI is InChI=1S/C21H27FN4O/c1-3-4-11-24(2)20-16-17(9-10-23-20)21(27)26-14-12-25(13-15-26)19-7-5-18(22)6-8-19/h5-10,16H,3-4,11-15H2,1-2H3. The summed E-state index contributed by atoms with van der Waals surface area (Å²) in [7, 11) is 2.01. The molecule has 2 aromatic rings. The molecule has 27 heavy (non-hydrogen) atoms. The van der Waals surface area contributed by atoms with Gasteiger partial charge in [-0.15, -0.1) is 0 Å². The molecule has 1 saturated heterocycles. The first-order valence-corrected chi connectivity index (χ1v) is 9.55. The molecule has 1 aromatic heterocycles. The maximum Gasteiger partial charge on any atom is 0.254 e. The van der Waals surface area contributed by atoms with Crippen LogP contribution in [0.4, 0.5) is 15.9 Å². The van der Waals surface area contributed by atoms with E-state index < -0.39 is 0 Å². The van der Waals surface area contributed by atoms with Gasteiger partial charge in [0.25, 0.3) is 5.91 Å². The van der Waals surface area contributed by atoms with Crippen molar-refractivity contribution in [3.8, 4) is 0 Å². The minimum absolute atomic E-state index is 0.0429. The van der Waals surface area contributed by atoms with Crippen LogP contribution in [-0.4, -0.2) is 55.6 Å². The van der Waals surface area contributed by atoms with Crippen molar-refractivity contribution in [3.05, 3.63) is 54.0 Å². The number of hydrogen-bond donors (Lipinski definition) is 0. The summed E-state index contributed by atoms with van der Waals surface area (Å²) in [4.78, 5) is 23.4. The number of benzene rings is 1. The minimum atomic E-state index is -0.232. The molecule has 144 valence electrons. The van der Waals surface area contributed by atoms with Crippen LogP contribution in [-0.2, 0) is 0 Å². The summed E-state index contributed by atoms with van der Waals surface area (Å²) in [5, 5.41) is 0. The summed E-state index contributed by atoms with van der Waals surface area (Å²) in [5.74, 6) is 0.644. The Morgan fingerprint density at radius 3 is 2.52 bits per heavy atom. The van der Waals surface area contributed by atoms with Crippen LogP contribution >= 0.6 is 0 Å². The summed E-state index contributed by atoms with van der Waals surface area (Å²) < 4.78 is 13.1. The van der Waals surface area contributed by atoms with Gasteiger partial charge in [0.15, 0.2) is 0 Å². The number of piperazine rings is 1. The van der Waals surface area contributed by atoms with Gasteiger partial charge in [-0.05, 0) is 42.8 Å². The number of anilines is 2. The summed E-state index contributed by atoms with van der Waals surface area (Å²) >= 11 is 0. The number of amides is 1. The van der Waals surface area contributed by atoms with Gasteiger partial charge in [0.2, 0.25) is 0 Å². The Balaban J connectivity index is 1.61. The molecule has 0 bridgehead atoms. The molecule has 1 amide bonds. The molecule has 0 N–H and O–H groups in total. The van der Waals surface area contributed by atoms with E-state index in [9.17, 15) is 9.18 Å².